The van der Waals surface area contributed by atoms with Gasteiger partial charge in [-0.3, -0.25) is 9.59 Å². The summed E-state index contributed by atoms with van der Waals surface area (Å²) < 4.78 is 10.6. The smallest absolute Gasteiger partial charge is 0.228 e. The minimum absolute atomic E-state index is 0.0406. The molecule has 0 spiro atoms. The normalized spacial score (nSPS) is 19.4. The van der Waals surface area contributed by atoms with Gasteiger partial charge in [-0.05, 0) is 24.6 Å². The van der Waals surface area contributed by atoms with E-state index in [9.17, 15) is 9.59 Å². The fourth-order valence-corrected chi connectivity index (χ4v) is 4.47. The van der Waals surface area contributed by atoms with E-state index >= 15 is 0 Å². The van der Waals surface area contributed by atoms with Crippen molar-refractivity contribution < 1.29 is 19.1 Å². The lowest BCUT2D eigenvalue weighted by atomic mass is 10.1. The van der Waals surface area contributed by atoms with Gasteiger partial charge in [0.25, 0.3) is 0 Å². The molecule has 31 heavy (non-hydrogen) atoms. The van der Waals surface area contributed by atoms with E-state index in [1.165, 1.54) is 0 Å². The molecule has 1 aromatic carbocycles. The Bertz CT molecular complexity index is 971. The molecule has 4 rings (SSSR count). The fourth-order valence-electron chi connectivity index (χ4n) is 4.47. The van der Waals surface area contributed by atoms with Crippen LogP contribution in [0.5, 0.6) is 5.75 Å². The van der Waals surface area contributed by atoms with Crippen molar-refractivity contribution in [1.29, 1.82) is 0 Å². The number of carbonyl (C=O) groups is 2. The van der Waals surface area contributed by atoms with Crippen LogP contribution in [0.15, 0.2) is 24.3 Å². The Labute approximate surface area is 182 Å². The Hall–Kier alpha value is -2.87. The number of anilines is 1. The maximum absolute atomic E-state index is 13.0. The Morgan fingerprint density at radius 3 is 2.68 bits per heavy atom. The number of nitrogens with zero attached hydrogens (tertiary/aromatic N) is 4. The first kappa shape index (κ1) is 21.4. The van der Waals surface area contributed by atoms with Crippen molar-refractivity contribution in [3.8, 4) is 5.75 Å². The van der Waals surface area contributed by atoms with Crippen LogP contribution in [0.25, 0.3) is 10.9 Å². The maximum atomic E-state index is 13.0. The van der Waals surface area contributed by atoms with Gasteiger partial charge < -0.3 is 24.2 Å². The number of benzene rings is 1. The van der Waals surface area contributed by atoms with Gasteiger partial charge in [-0.1, -0.05) is 12.1 Å². The number of rotatable bonds is 6. The van der Waals surface area contributed by atoms with E-state index in [0.717, 1.165) is 28.0 Å². The SMILES string of the molecule is COCCN1CC(C(=O)N2CCN(c3cc(C)c4cccc(OC)c4n3)CC2)CC1=O. The van der Waals surface area contributed by atoms with Crippen molar-refractivity contribution in [2.45, 2.75) is 13.3 Å². The minimum atomic E-state index is -0.249. The third-order valence-corrected chi connectivity index (χ3v) is 6.26. The van der Waals surface area contributed by atoms with E-state index in [4.69, 9.17) is 14.5 Å². The van der Waals surface area contributed by atoms with Crippen LogP contribution in [0.2, 0.25) is 0 Å². The number of methoxy groups -OCH3 is 2. The monoisotopic (exact) mass is 426 g/mol. The molecule has 1 atom stereocenters. The number of pyridine rings is 1. The molecule has 2 aromatic rings. The van der Waals surface area contributed by atoms with Crippen LogP contribution in [0.4, 0.5) is 5.82 Å². The van der Waals surface area contributed by atoms with Gasteiger partial charge in [-0.15, -0.1) is 0 Å². The van der Waals surface area contributed by atoms with Gasteiger partial charge in [0.2, 0.25) is 11.8 Å². The molecule has 0 N–H and O–H groups in total. The molecule has 0 saturated carbocycles. The predicted molar refractivity (Wildman–Crippen MR) is 118 cm³/mol. The number of carbonyl (C=O) groups excluding carboxylic acids is 2. The van der Waals surface area contributed by atoms with Crippen molar-refractivity contribution in [1.82, 2.24) is 14.8 Å². The molecule has 1 aromatic heterocycles. The van der Waals surface area contributed by atoms with Crippen molar-refractivity contribution in [2.75, 3.05) is 65.0 Å². The summed E-state index contributed by atoms with van der Waals surface area (Å²) in [5.41, 5.74) is 2.01. The van der Waals surface area contributed by atoms with Gasteiger partial charge >= 0.3 is 0 Å². The third kappa shape index (κ3) is 4.30. The highest BCUT2D eigenvalue weighted by Crippen LogP contribution is 2.30. The van der Waals surface area contributed by atoms with Crippen LogP contribution in [0, 0.1) is 12.8 Å². The van der Waals surface area contributed by atoms with E-state index in [0.29, 0.717) is 52.3 Å². The average molecular weight is 427 g/mol. The molecule has 2 amide bonds. The zero-order chi connectivity index (χ0) is 22.0. The number of aryl methyl sites for hydroxylation is 1. The number of hydrogen-bond donors (Lipinski definition) is 0. The van der Waals surface area contributed by atoms with E-state index in [2.05, 4.69) is 24.0 Å². The van der Waals surface area contributed by atoms with Crippen LogP contribution < -0.4 is 9.64 Å². The number of hydrogen-bond acceptors (Lipinski definition) is 6. The van der Waals surface area contributed by atoms with E-state index < -0.39 is 0 Å². The Kier molecular flexibility index (Phi) is 6.27. The van der Waals surface area contributed by atoms with Gasteiger partial charge in [-0.25, -0.2) is 4.98 Å². The largest absolute Gasteiger partial charge is 0.494 e. The molecule has 3 heterocycles. The van der Waals surface area contributed by atoms with E-state index in [-0.39, 0.29) is 17.7 Å². The zero-order valence-corrected chi connectivity index (χ0v) is 18.5. The van der Waals surface area contributed by atoms with Crippen molar-refractivity contribution in [3.63, 3.8) is 0 Å². The zero-order valence-electron chi connectivity index (χ0n) is 18.5. The quantitative estimate of drug-likeness (QED) is 0.700. The average Bonchev–Trinajstić information content (AvgIpc) is 3.17. The van der Waals surface area contributed by atoms with Gasteiger partial charge in [0, 0.05) is 58.2 Å². The van der Waals surface area contributed by atoms with Crippen LogP contribution in [0.1, 0.15) is 12.0 Å². The molecular weight excluding hydrogens is 396 g/mol. The third-order valence-electron chi connectivity index (χ3n) is 6.26. The summed E-state index contributed by atoms with van der Waals surface area (Å²) in [7, 11) is 3.28. The van der Waals surface area contributed by atoms with Crippen LogP contribution in [-0.4, -0.2) is 86.7 Å². The molecule has 1 unspecified atom stereocenters. The molecule has 8 heteroatoms. The number of ether oxygens (including phenoxy) is 2. The first-order valence-corrected chi connectivity index (χ1v) is 10.8. The van der Waals surface area contributed by atoms with Gasteiger partial charge in [0.15, 0.2) is 0 Å². The Morgan fingerprint density at radius 1 is 1.19 bits per heavy atom. The summed E-state index contributed by atoms with van der Waals surface area (Å²) in [6.45, 7) is 6.31. The standard InChI is InChI=1S/C23H30N4O4/c1-16-13-20(24-22-18(16)5-4-6-19(22)31-3)25-7-9-26(10-8-25)23(29)17-14-21(28)27(15-17)11-12-30-2/h4-6,13,17H,7-12,14-15H2,1-3H3. The lowest BCUT2D eigenvalue weighted by Crippen LogP contribution is -2.51. The van der Waals surface area contributed by atoms with Crippen LogP contribution in [-0.2, 0) is 14.3 Å². The highest BCUT2D eigenvalue weighted by molar-refractivity contribution is 5.90. The molecule has 0 aliphatic carbocycles. The molecule has 2 fully saturated rings. The molecule has 2 aliphatic rings. The number of aromatic nitrogens is 1. The van der Waals surface area contributed by atoms with Crippen molar-refractivity contribution in [3.05, 3.63) is 29.8 Å². The second-order valence-corrected chi connectivity index (χ2v) is 8.20. The Balaban J connectivity index is 1.41. The highest BCUT2D eigenvalue weighted by atomic mass is 16.5. The molecule has 2 aliphatic heterocycles. The highest BCUT2D eigenvalue weighted by Gasteiger charge is 2.37. The number of amides is 2. The number of fused-ring (bicyclic) bond motifs is 1. The van der Waals surface area contributed by atoms with Crippen molar-refractivity contribution in [2.24, 2.45) is 5.92 Å². The van der Waals surface area contributed by atoms with Gasteiger partial charge in [0.1, 0.15) is 17.1 Å². The van der Waals surface area contributed by atoms with E-state index in [1.54, 1.807) is 19.1 Å². The summed E-state index contributed by atoms with van der Waals surface area (Å²) in [4.78, 5) is 35.9. The summed E-state index contributed by atoms with van der Waals surface area (Å²) in [6.07, 6.45) is 0.300. The summed E-state index contributed by atoms with van der Waals surface area (Å²) in [6, 6.07) is 8.06. The van der Waals surface area contributed by atoms with E-state index in [1.807, 2.05) is 17.0 Å². The van der Waals surface area contributed by atoms with Gasteiger partial charge in [-0.2, -0.15) is 0 Å². The van der Waals surface area contributed by atoms with Crippen LogP contribution in [0.3, 0.4) is 0 Å². The predicted octanol–water partition coefficient (Wildman–Crippen LogP) is 1.70. The molecular formula is C23H30N4O4. The molecule has 0 bridgehead atoms. The second-order valence-electron chi connectivity index (χ2n) is 8.20. The molecule has 166 valence electrons. The minimum Gasteiger partial charge on any atom is -0.494 e. The molecule has 0 radical (unpaired) electrons. The second kappa shape index (κ2) is 9.09. The topological polar surface area (TPSA) is 75.2 Å². The summed E-state index contributed by atoms with van der Waals surface area (Å²) in [5, 5.41) is 1.08. The first-order chi connectivity index (χ1) is 15.0. The molecule has 2 saturated heterocycles. The first-order valence-electron chi connectivity index (χ1n) is 10.8. The Morgan fingerprint density at radius 2 is 1.97 bits per heavy atom. The lowest BCUT2D eigenvalue weighted by molar-refractivity contribution is -0.136. The molecule has 8 nitrogen and oxygen atoms in total. The maximum Gasteiger partial charge on any atom is 0.228 e. The van der Waals surface area contributed by atoms with Gasteiger partial charge in [0.05, 0.1) is 19.6 Å². The number of piperazine rings is 1. The fraction of sp³-hybridized carbons (Fsp3) is 0.522. The summed E-state index contributed by atoms with van der Waals surface area (Å²) >= 11 is 0. The van der Waals surface area contributed by atoms with Crippen LogP contribution >= 0.6 is 0 Å². The summed E-state index contributed by atoms with van der Waals surface area (Å²) in [5.74, 6) is 1.54. The number of para-hydroxylation sites is 1. The van der Waals surface area contributed by atoms with Crippen molar-refractivity contribution >= 4 is 28.5 Å². The lowest BCUT2D eigenvalue weighted by Gasteiger charge is -2.36. The number of likely N-dealkylation sites (tertiary alicyclic amines) is 1.